The fourth-order valence-electron chi connectivity index (χ4n) is 8.01. The van der Waals surface area contributed by atoms with E-state index >= 15 is 0 Å². The molecule has 0 saturated heterocycles. The Hall–Kier alpha value is -6.91. The molecule has 342 valence electrons. The molecule has 0 unspecified atom stereocenters. The zero-order valence-corrected chi connectivity index (χ0v) is 36.7. The topological polar surface area (TPSA) is 281 Å². The number of carbonyl (C=O) groups is 6. The third-order valence-corrected chi connectivity index (χ3v) is 11.7. The lowest BCUT2D eigenvalue weighted by Gasteiger charge is -2.40. The van der Waals surface area contributed by atoms with Gasteiger partial charge in [0.25, 0.3) is 0 Å². The van der Waals surface area contributed by atoms with E-state index in [1.54, 1.807) is 6.20 Å². The van der Waals surface area contributed by atoms with Gasteiger partial charge in [0, 0.05) is 43.0 Å². The SMILES string of the molecule is CCCCNC(=O)NC1(C(=O)N[C@H](Cc2ccccc2)C(=O)N[C@@H](CCCN=C(N)N)C(=O)N[C@@H](Cc2c[nH]c3ccccc23)C(=O)N[C@@H](C)C(N)=O)CCC(c2ccccc2)CC1. The van der Waals surface area contributed by atoms with E-state index in [-0.39, 0.29) is 44.1 Å². The number of hydrogen-bond acceptors (Lipinski definition) is 7. The number of aliphatic imine (C=N–C) groups is 1. The van der Waals surface area contributed by atoms with E-state index in [2.05, 4.69) is 54.0 Å². The number of nitrogens with two attached hydrogens (primary N) is 3. The van der Waals surface area contributed by atoms with Gasteiger partial charge in [0.2, 0.25) is 29.5 Å². The third kappa shape index (κ3) is 13.8. The van der Waals surface area contributed by atoms with Crippen molar-refractivity contribution in [2.75, 3.05) is 13.1 Å². The van der Waals surface area contributed by atoms with Crippen molar-refractivity contribution >= 4 is 52.4 Å². The number of amides is 7. The molecule has 4 aromatic rings. The molecule has 3 aromatic carbocycles. The number of aromatic amines is 1. The van der Waals surface area contributed by atoms with E-state index in [4.69, 9.17) is 17.2 Å². The van der Waals surface area contributed by atoms with E-state index in [1.165, 1.54) is 6.92 Å². The first-order valence-corrected chi connectivity index (χ1v) is 22.0. The maximum Gasteiger partial charge on any atom is 0.315 e. The molecule has 0 radical (unpaired) electrons. The average Bonchev–Trinajstić information content (AvgIpc) is 3.70. The highest BCUT2D eigenvalue weighted by Gasteiger charge is 2.45. The molecule has 17 heteroatoms. The summed E-state index contributed by atoms with van der Waals surface area (Å²) in [6, 6.07) is 21.5. The van der Waals surface area contributed by atoms with Crippen LogP contribution in [-0.4, -0.2) is 89.3 Å². The quantitative estimate of drug-likeness (QED) is 0.0318. The maximum atomic E-state index is 14.7. The van der Waals surface area contributed by atoms with Gasteiger partial charge in [-0.2, -0.15) is 0 Å². The van der Waals surface area contributed by atoms with Gasteiger partial charge in [-0.1, -0.05) is 92.2 Å². The number of benzene rings is 3. The monoisotopic (exact) mass is 877 g/mol. The lowest BCUT2D eigenvalue weighted by molar-refractivity contribution is -0.135. The third-order valence-electron chi connectivity index (χ3n) is 11.7. The summed E-state index contributed by atoms with van der Waals surface area (Å²) in [4.78, 5) is 89.9. The summed E-state index contributed by atoms with van der Waals surface area (Å²) in [5, 5.41) is 17.9. The van der Waals surface area contributed by atoms with E-state index < -0.39 is 65.3 Å². The molecular weight excluding hydrogens is 815 g/mol. The van der Waals surface area contributed by atoms with Gasteiger partial charge in [-0.05, 0) is 80.5 Å². The zero-order valence-electron chi connectivity index (χ0n) is 36.7. The standard InChI is InChI=1S/C47H63N11O6/c1-3-4-25-52-46(64)58-47(23-21-33(22-24-47)32-16-9-6-10-17-32)44(63)57-38(27-31-14-7-5-8-15-31)43(62)55-37(20-13-26-51-45(49)50)41(60)56-39(42(61)54-30(2)40(48)59)28-34-29-53-36-19-12-11-18-35(34)36/h5-12,14-19,29-30,33,37-39,53H,3-4,13,20-28H2,1-2H3,(H2,48,59)(H,54,61)(H,55,62)(H,56,60)(H,57,63)(H4,49,50,51)(H2,52,58,64)/t30-,33?,37-,38+,39-,47?/m0/s1. The van der Waals surface area contributed by atoms with Gasteiger partial charge in [-0.25, -0.2) is 4.79 Å². The molecule has 1 aliphatic carbocycles. The number of rotatable bonds is 22. The van der Waals surface area contributed by atoms with Crippen molar-refractivity contribution < 1.29 is 28.8 Å². The molecule has 13 N–H and O–H groups in total. The van der Waals surface area contributed by atoms with Gasteiger partial charge in [-0.15, -0.1) is 0 Å². The number of primary amides is 1. The molecule has 5 rings (SSSR count). The second-order valence-electron chi connectivity index (χ2n) is 16.5. The van der Waals surface area contributed by atoms with Crippen molar-refractivity contribution in [3.05, 3.63) is 108 Å². The van der Waals surface area contributed by atoms with E-state index in [0.29, 0.717) is 32.2 Å². The number of fused-ring (bicyclic) bond motifs is 1. The average molecular weight is 878 g/mol. The van der Waals surface area contributed by atoms with Crippen molar-refractivity contribution in [2.24, 2.45) is 22.2 Å². The van der Waals surface area contributed by atoms with Crippen LogP contribution >= 0.6 is 0 Å². The minimum absolute atomic E-state index is 0.0284. The molecule has 64 heavy (non-hydrogen) atoms. The Balaban J connectivity index is 1.42. The van der Waals surface area contributed by atoms with Crippen LogP contribution in [0.25, 0.3) is 10.9 Å². The van der Waals surface area contributed by atoms with Crippen molar-refractivity contribution in [1.82, 2.24) is 36.9 Å². The number of carbonyl (C=O) groups excluding carboxylic acids is 6. The highest BCUT2D eigenvalue weighted by molar-refractivity contribution is 5.98. The summed E-state index contributed by atoms with van der Waals surface area (Å²) in [5.41, 5.74) is 18.7. The van der Waals surface area contributed by atoms with Crippen LogP contribution < -0.4 is 49.1 Å². The Bertz CT molecular complexity index is 2220. The van der Waals surface area contributed by atoms with Crippen LogP contribution in [0, 0.1) is 0 Å². The fourth-order valence-corrected chi connectivity index (χ4v) is 8.01. The molecular formula is C47H63N11O6. The Morgan fingerprint density at radius 3 is 2.03 bits per heavy atom. The van der Waals surface area contributed by atoms with Crippen LogP contribution in [0.2, 0.25) is 0 Å². The van der Waals surface area contributed by atoms with Crippen molar-refractivity contribution in [2.45, 2.75) is 114 Å². The van der Waals surface area contributed by atoms with Crippen molar-refractivity contribution in [3.8, 4) is 0 Å². The Morgan fingerprint density at radius 2 is 1.36 bits per heavy atom. The number of nitrogens with zero attached hydrogens (tertiary/aromatic N) is 1. The molecule has 17 nitrogen and oxygen atoms in total. The predicted molar refractivity (Wildman–Crippen MR) is 246 cm³/mol. The number of guanidine groups is 1. The highest BCUT2D eigenvalue weighted by atomic mass is 16.2. The lowest BCUT2D eigenvalue weighted by atomic mass is 9.73. The fraction of sp³-hybridized carbons (Fsp3) is 0.426. The first kappa shape index (κ1) is 48.1. The van der Waals surface area contributed by atoms with Crippen LogP contribution in [0.4, 0.5) is 4.79 Å². The summed E-state index contributed by atoms with van der Waals surface area (Å²) in [5.74, 6) is -3.28. The second-order valence-corrected chi connectivity index (χ2v) is 16.5. The summed E-state index contributed by atoms with van der Waals surface area (Å²) in [6.07, 6.45) is 5.65. The first-order valence-electron chi connectivity index (χ1n) is 22.0. The molecule has 1 saturated carbocycles. The number of unbranched alkanes of at least 4 members (excludes halogenated alkanes) is 1. The van der Waals surface area contributed by atoms with Crippen LogP contribution in [0.1, 0.15) is 87.8 Å². The largest absolute Gasteiger partial charge is 0.370 e. The first-order chi connectivity index (χ1) is 30.8. The van der Waals surface area contributed by atoms with Gasteiger partial charge in [0.15, 0.2) is 5.96 Å². The molecule has 1 heterocycles. The molecule has 7 amide bonds. The smallest absolute Gasteiger partial charge is 0.315 e. The Labute approximate surface area is 373 Å². The van der Waals surface area contributed by atoms with Gasteiger partial charge in [0.1, 0.15) is 29.7 Å². The van der Waals surface area contributed by atoms with Gasteiger partial charge in [-0.3, -0.25) is 29.0 Å². The lowest BCUT2D eigenvalue weighted by Crippen LogP contribution is -2.65. The van der Waals surface area contributed by atoms with Gasteiger partial charge >= 0.3 is 6.03 Å². The molecule has 1 fully saturated rings. The molecule has 0 spiro atoms. The normalized spacial score (nSPS) is 17.7. The molecule has 1 aromatic heterocycles. The molecule has 0 aliphatic heterocycles. The Morgan fingerprint density at radius 1 is 0.750 bits per heavy atom. The van der Waals surface area contributed by atoms with Gasteiger partial charge < -0.3 is 54.1 Å². The van der Waals surface area contributed by atoms with Crippen LogP contribution in [0.5, 0.6) is 0 Å². The number of aromatic nitrogens is 1. The summed E-state index contributed by atoms with van der Waals surface area (Å²) < 4.78 is 0. The zero-order chi connectivity index (χ0) is 46.1. The predicted octanol–water partition coefficient (Wildman–Crippen LogP) is 2.65. The summed E-state index contributed by atoms with van der Waals surface area (Å²) in [6.45, 7) is 4.03. The number of H-pyrrole nitrogens is 1. The van der Waals surface area contributed by atoms with Gasteiger partial charge in [0.05, 0.1) is 0 Å². The van der Waals surface area contributed by atoms with Crippen molar-refractivity contribution in [1.29, 1.82) is 0 Å². The highest BCUT2D eigenvalue weighted by Crippen LogP contribution is 2.38. The maximum absolute atomic E-state index is 14.7. The second kappa shape index (κ2) is 23.5. The van der Waals surface area contributed by atoms with E-state index in [1.807, 2.05) is 79.7 Å². The van der Waals surface area contributed by atoms with Crippen LogP contribution in [0.15, 0.2) is 96.1 Å². The van der Waals surface area contributed by atoms with Crippen LogP contribution in [-0.2, 0) is 36.8 Å². The molecule has 1 aliphatic rings. The number of urea groups is 1. The molecule has 4 atom stereocenters. The Kier molecular flexibility index (Phi) is 17.7. The summed E-state index contributed by atoms with van der Waals surface area (Å²) >= 11 is 0. The minimum Gasteiger partial charge on any atom is -0.370 e. The molecule has 0 bridgehead atoms. The van der Waals surface area contributed by atoms with E-state index in [0.717, 1.165) is 40.4 Å². The minimum atomic E-state index is -1.33. The number of nitrogens with one attached hydrogen (secondary N) is 7. The van der Waals surface area contributed by atoms with Crippen LogP contribution in [0.3, 0.4) is 0 Å². The number of hydrogen-bond donors (Lipinski definition) is 10. The summed E-state index contributed by atoms with van der Waals surface area (Å²) in [7, 11) is 0. The van der Waals surface area contributed by atoms with E-state index in [9.17, 15) is 28.8 Å². The number of para-hydroxylation sites is 1. The van der Waals surface area contributed by atoms with Crippen molar-refractivity contribution in [3.63, 3.8) is 0 Å².